The Morgan fingerprint density at radius 2 is 1.83 bits per heavy atom. The van der Waals surface area contributed by atoms with Gasteiger partial charge >= 0.3 is 0 Å². The molecule has 0 radical (unpaired) electrons. The number of hydrogen-bond donors (Lipinski definition) is 3. The fraction of sp³-hybridized carbons (Fsp3) is 0.222. The van der Waals surface area contributed by atoms with E-state index in [1.54, 1.807) is 37.3 Å². The predicted molar refractivity (Wildman–Crippen MR) is 91.7 cm³/mol. The molecule has 0 saturated heterocycles. The van der Waals surface area contributed by atoms with Gasteiger partial charge in [-0.3, -0.25) is 14.5 Å². The van der Waals surface area contributed by atoms with E-state index >= 15 is 0 Å². The van der Waals surface area contributed by atoms with E-state index in [2.05, 4.69) is 0 Å². The summed E-state index contributed by atoms with van der Waals surface area (Å²) < 4.78 is 0. The SMILES string of the molecule is CC(=O)N(C(=O)C(C)Cc1ccc(O)c(O)c1)c1cccc(N)c1. The number of anilines is 2. The number of hydrogen-bond acceptors (Lipinski definition) is 5. The lowest BCUT2D eigenvalue weighted by Crippen LogP contribution is -2.39. The molecule has 0 heterocycles. The number of benzene rings is 2. The molecule has 2 amide bonds. The van der Waals surface area contributed by atoms with E-state index in [4.69, 9.17) is 5.73 Å². The molecule has 0 aliphatic heterocycles. The van der Waals surface area contributed by atoms with Crippen LogP contribution in [0.15, 0.2) is 42.5 Å². The minimum Gasteiger partial charge on any atom is -0.504 e. The first-order chi connectivity index (χ1) is 11.3. The van der Waals surface area contributed by atoms with Crippen LogP contribution in [0.1, 0.15) is 19.4 Å². The molecule has 1 atom stereocenters. The first kappa shape index (κ1) is 17.3. The third-order valence-corrected chi connectivity index (χ3v) is 3.67. The van der Waals surface area contributed by atoms with Gasteiger partial charge in [-0.15, -0.1) is 0 Å². The van der Waals surface area contributed by atoms with Gasteiger partial charge in [-0.1, -0.05) is 19.1 Å². The highest BCUT2D eigenvalue weighted by Crippen LogP contribution is 2.27. The van der Waals surface area contributed by atoms with Crippen molar-refractivity contribution in [2.45, 2.75) is 20.3 Å². The van der Waals surface area contributed by atoms with Gasteiger partial charge in [0.2, 0.25) is 11.8 Å². The summed E-state index contributed by atoms with van der Waals surface area (Å²) in [6.45, 7) is 3.02. The van der Waals surface area contributed by atoms with Crippen LogP contribution in [0.4, 0.5) is 11.4 Å². The fourth-order valence-corrected chi connectivity index (χ4v) is 2.49. The highest BCUT2D eigenvalue weighted by molar-refractivity contribution is 6.14. The van der Waals surface area contributed by atoms with Gasteiger partial charge in [0.05, 0.1) is 5.69 Å². The highest BCUT2D eigenvalue weighted by atomic mass is 16.3. The summed E-state index contributed by atoms with van der Waals surface area (Å²) in [5.74, 6) is -1.72. The molecule has 2 aromatic rings. The van der Waals surface area contributed by atoms with Crippen molar-refractivity contribution in [3.05, 3.63) is 48.0 Å². The maximum atomic E-state index is 12.7. The van der Waals surface area contributed by atoms with Crippen molar-refractivity contribution in [1.82, 2.24) is 0 Å². The largest absolute Gasteiger partial charge is 0.504 e. The van der Waals surface area contributed by atoms with Crippen LogP contribution < -0.4 is 10.6 Å². The van der Waals surface area contributed by atoms with Crippen molar-refractivity contribution in [3.63, 3.8) is 0 Å². The van der Waals surface area contributed by atoms with Crippen LogP contribution in [0.2, 0.25) is 0 Å². The number of nitrogens with two attached hydrogens (primary N) is 1. The van der Waals surface area contributed by atoms with Crippen molar-refractivity contribution in [2.75, 3.05) is 10.6 Å². The minimum absolute atomic E-state index is 0.220. The molecule has 2 rings (SSSR count). The van der Waals surface area contributed by atoms with Crippen LogP contribution in [-0.2, 0) is 16.0 Å². The normalized spacial score (nSPS) is 11.8. The van der Waals surface area contributed by atoms with Crippen LogP contribution in [0.25, 0.3) is 0 Å². The topological polar surface area (TPSA) is 104 Å². The molecule has 1 unspecified atom stereocenters. The Kier molecular flexibility index (Phi) is 5.08. The van der Waals surface area contributed by atoms with E-state index in [1.165, 1.54) is 19.1 Å². The molecule has 4 N–H and O–H groups in total. The van der Waals surface area contributed by atoms with Crippen molar-refractivity contribution < 1.29 is 19.8 Å². The van der Waals surface area contributed by atoms with E-state index in [0.29, 0.717) is 23.4 Å². The summed E-state index contributed by atoms with van der Waals surface area (Å²) in [5, 5.41) is 18.9. The van der Waals surface area contributed by atoms with Crippen molar-refractivity contribution >= 4 is 23.2 Å². The Bertz CT molecular complexity index is 773. The van der Waals surface area contributed by atoms with E-state index < -0.39 is 11.8 Å². The molecule has 126 valence electrons. The van der Waals surface area contributed by atoms with E-state index in [-0.39, 0.29) is 17.4 Å². The third kappa shape index (κ3) is 3.84. The lowest BCUT2D eigenvalue weighted by molar-refractivity contribution is -0.127. The molecule has 2 aromatic carbocycles. The zero-order chi connectivity index (χ0) is 17.9. The average molecular weight is 328 g/mol. The Labute approximate surface area is 140 Å². The zero-order valence-corrected chi connectivity index (χ0v) is 13.6. The number of rotatable bonds is 4. The maximum Gasteiger partial charge on any atom is 0.236 e. The van der Waals surface area contributed by atoms with Gasteiger partial charge in [0.15, 0.2) is 11.5 Å². The second kappa shape index (κ2) is 7.04. The van der Waals surface area contributed by atoms with Gasteiger partial charge in [0.25, 0.3) is 0 Å². The van der Waals surface area contributed by atoms with E-state index in [1.807, 2.05) is 0 Å². The summed E-state index contributed by atoms with van der Waals surface area (Å²) in [6.07, 6.45) is 0.318. The number of phenols is 2. The smallest absolute Gasteiger partial charge is 0.236 e. The summed E-state index contributed by atoms with van der Waals surface area (Å²) in [6, 6.07) is 11.0. The molecule has 0 aliphatic carbocycles. The summed E-state index contributed by atoms with van der Waals surface area (Å²) in [4.78, 5) is 25.7. The standard InChI is InChI=1S/C18H20N2O4/c1-11(8-13-6-7-16(22)17(23)9-13)18(24)20(12(2)21)15-5-3-4-14(19)10-15/h3-7,9-11,22-23H,8,19H2,1-2H3. The average Bonchev–Trinajstić information content (AvgIpc) is 2.50. The number of carbonyl (C=O) groups is 2. The first-order valence-corrected chi connectivity index (χ1v) is 7.50. The number of carbonyl (C=O) groups excluding carboxylic acids is 2. The number of phenolic OH excluding ortho intramolecular Hbond substituents is 2. The number of aromatic hydroxyl groups is 2. The quantitative estimate of drug-likeness (QED) is 0.591. The minimum atomic E-state index is -0.501. The van der Waals surface area contributed by atoms with Crippen LogP contribution in [-0.4, -0.2) is 22.0 Å². The molecule has 0 aromatic heterocycles. The van der Waals surface area contributed by atoms with Gasteiger partial charge in [-0.25, -0.2) is 0 Å². The van der Waals surface area contributed by atoms with Gasteiger partial charge in [0.1, 0.15) is 0 Å². The van der Waals surface area contributed by atoms with Gasteiger partial charge < -0.3 is 15.9 Å². The molecule has 24 heavy (non-hydrogen) atoms. The molecule has 6 heteroatoms. The van der Waals surface area contributed by atoms with Crippen LogP contribution in [0, 0.1) is 5.92 Å². The van der Waals surface area contributed by atoms with Crippen molar-refractivity contribution in [3.8, 4) is 11.5 Å². The Hall–Kier alpha value is -3.02. The monoisotopic (exact) mass is 328 g/mol. The third-order valence-electron chi connectivity index (χ3n) is 3.67. The molecule has 0 fully saturated rings. The number of nitrogens with zero attached hydrogens (tertiary/aromatic N) is 1. The number of nitrogen functional groups attached to an aromatic ring is 1. The lowest BCUT2D eigenvalue weighted by atomic mass is 9.99. The molecular weight excluding hydrogens is 308 g/mol. The Morgan fingerprint density at radius 1 is 1.12 bits per heavy atom. The molecular formula is C18H20N2O4. The van der Waals surface area contributed by atoms with Crippen molar-refractivity contribution in [2.24, 2.45) is 5.92 Å². The molecule has 6 nitrogen and oxygen atoms in total. The Balaban J connectivity index is 2.22. The zero-order valence-electron chi connectivity index (χ0n) is 13.6. The summed E-state index contributed by atoms with van der Waals surface area (Å²) in [5.41, 5.74) is 7.29. The summed E-state index contributed by atoms with van der Waals surface area (Å²) in [7, 11) is 0. The number of imide groups is 1. The number of amides is 2. The first-order valence-electron chi connectivity index (χ1n) is 7.50. The fourth-order valence-electron chi connectivity index (χ4n) is 2.49. The molecule has 0 aliphatic rings. The maximum absolute atomic E-state index is 12.7. The van der Waals surface area contributed by atoms with Gasteiger partial charge in [0, 0.05) is 18.5 Å². The van der Waals surface area contributed by atoms with Crippen LogP contribution >= 0.6 is 0 Å². The van der Waals surface area contributed by atoms with Crippen LogP contribution in [0.5, 0.6) is 11.5 Å². The molecule has 0 saturated carbocycles. The second-order valence-electron chi connectivity index (χ2n) is 5.72. The molecule has 0 spiro atoms. The summed E-state index contributed by atoms with van der Waals surface area (Å²) >= 11 is 0. The van der Waals surface area contributed by atoms with Gasteiger partial charge in [-0.05, 0) is 42.3 Å². The van der Waals surface area contributed by atoms with E-state index in [0.717, 1.165) is 4.90 Å². The lowest BCUT2D eigenvalue weighted by Gasteiger charge is -2.23. The van der Waals surface area contributed by atoms with Crippen LogP contribution in [0.3, 0.4) is 0 Å². The highest BCUT2D eigenvalue weighted by Gasteiger charge is 2.25. The van der Waals surface area contributed by atoms with Crippen molar-refractivity contribution in [1.29, 1.82) is 0 Å². The molecule has 0 bridgehead atoms. The predicted octanol–water partition coefficient (Wildman–Crippen LogP) is 2.44. The second-order valence-corrected chi connectivity index (χ2v) is 5.72. The van der Waals surface area contributed by atoms with E-state index in [9.17, 15) is 19.8 Å². The Morgan fingerprint density at radius 3 is 2.42 bits per heavy atom. The van der Waals surface area contributed by atoms with Gasteiger partial charge in [-0.2, -0.15) is 0 Å².